The fraction of sp³-hybridized carbons (Fsp3) is 0.333. The van der Waals surface area contributed by atoms with E-state index in [1.54, 1.807) is 24.7 Å². The van der Waals surface area contributed by atoms with Crippen LogP contribution in [0.1, 0.15) is 18.4 Å². The van der Waals surface area contributed by atoms with Gasteiger partial charge in [-0.1, -0.05) is 18.2 Å². The number of hydrogen-bond donors (Lipinski definition) is 2. The van der Waals surface area contributed by atoms with Crippen molar-refractivity contribution in [3.05, 3.63) is 48.5 Å². The lowest BCUT2D eigenvalue weighted by atomic mass is 10.1. The van der Waals surface area contributed by atoms with Crippen molar-refractivity contribution in [2.45, 2.75) is 25.8 Å². The van der Waals surface area contributed by atoms with E-state index in [0.29, 0.717) is 19.4 Å². The summed E-state index contributed by atoms with van der Waals surface area (Å²) in [6.45, 7) is 1.50. The summed E-state index contributed by atoms with van der Waals surface area (Å²) in [6, 6.07) is 7.10. The molecule has 0 aliphatic carbocycles. The molecule has 2 N–H and O–H groups in total. The number of imidazole rings is 1. The zero-order chi connectivity index (χ0) is 14.2. The molecular weight excluding hydrogens is 254 g/mol. The van der Waals surface area contributed by atoms with Crippen LogP contribution in [-0.4, -0.2) is 27.1 Å². The maximum atomic E-state index is 11.7. The SMILES string of the molecule is O=C(CCc1ccccc1O)NCCCn1ccnc1. The number of rotatable bonds is 7. The number of aryl methyl sites for hydroxylation is 2. The van der Waals surface area contributed by atoms with E-state index < -0.39 is 0 Å². The smallest absolute Gasteiger partial charge is 0.220 e. The van der Waals surface area contributed by atoms with Crippen LogP contribution in [0, 0.1) is 0 Å². The highest BCUT2D eigenvalue weighted by Crippen LogP contribution is 2.16. The molecule has 0 saturated heterocycles. The monoisotopic (exact) mass is 273 g/mol. The number of para-hydroxylation sites is 1. The van der Waals surface area contributed by atoms with E-state index in [1.165, 1.54) is 0 Å². The molecule has 106 valence electrons. The summed E-state index contributed by atoms with van der Waals surface area (Å²) in [5.41, 5.74) is 0.807. The van der Waals surface area contributed by atoms with E-state index in [2.05, 4.69) is 10.3 Å². The van der Waals surface area contributed by atoms with E-state index in [-0.39, 0.29) is 11.7 Å². The molecule has 2 aromatic rings. The number of phenolic OH excluding ortho intramolecular Hbond substituents is 1. The van der Waals surface area contributed by atoms with Gasteiger partial charge in [-0.3, -0.25) is 4.79 Å². The van der Waals surface area contributed by atoms with Crippen LogP contribution in [-0.2, 0) is 17.8 Å². The number of nitrogens with zero attached hydrogens (tertiary/aromatic N) is 2. The predicted octanol–water partition coefficient (Wildman–Crippen LogP) is 1.73. The Kier molecular flexibility index (Phi) is 5.17. The van der Waals surface area contributed by atoms with Gasteiger partial charge in [-0.2, -0.15) is 0 Å². The highest BCUT2D eigenvalue weighted by atomic mass is 16.3. The molecule has 0 aliphatic rings. The second-order valence-electron chi connectivity index (χ2n) is 4.63. The van der Waals surface area contributed by atoms with E-state index >= 15 is 0 Å². The third kappa shape index (κ3) is 4.42. The van der Waals surface area contributed by atoms with Gasteiger partial charge in [-0.25, -0.2) is 4.98 Å². The highest BCUT2D eigenvalue weighted by Gasteiger charge is 2.04. The molecule has 2 rings (SSSR count). The van der Waals surface area contributed by atoms with Crippen LogP contribution in [0.4, 0.5) is 0 Å². The summed E-state index contributed by atoms with van der Waals surface area (Å²) in [5.74, 6) is 0.263. The zero-order valence-electron chi connectivity index (χ0n) is 11.3. The van der Waals surface area contributed by atoms with Gasteiger partial charge in [0.15, 0.2) is 0 Å². The number of amides is 1. The summed E-state index contributed by atoms with van der Waals surface area (Å²) in [4.78, 5) is 15.6. The topological polar surface area (TPSA) is 67.2 Å². The molecule has 1 amide bonds. The number of phenols is 1. The molecule has 0 spiro atoms. The van der Waals surface area contributed by atoms with E-state index in [1.807, 2.05) is 22.9 Å². The van der Waals surface area contributed by atoms with Crippen LogP contribution >= 0.6 is 0 Å². The molecule has 1 heterocycles. The molecule has 0 bridgehead atoms. The van der Waals surface area contributed by atoms with Crippen LogP contribution in [0.3, 0.4) is 0 Å². The van der Waals surface area contributed by atoms with Gasteiger partial charge in [-0.05, 0) is 24.5 Å². The first-order chi connectivity index (χ1) is 9.75. The number of carbonyl (C=O) groups is 1. The Labute approximate surface area is 118 Å². The van der Waals surface area contributed by atoms with Gasteiger partial charge in [0.05, 0.1) is 6.33 Å². The number of carbonyl (C=O) groups excluding carboxylic acids is 1. The van der Waals surface area contributed by atoms with Crippen LogP contribution in [0.25, 0.3) is 0 Å². The first-order valence-electron chi connectivity index (χ1n) is 6.75. The Morgan fingerprint density at radius 1 is 1.35 bits per heavy atom. The molecule has 0 radical (unpaired) electrons. The van der Waals surface area contributed by atoms with E-state index in [4.69, 9.17) is 0 Å². The van der Waals surface area contributed by atoms with Gasteiger partial charge < -0.3 is 15.0 Å². The summed E-state index contributed by atoms with van der Waals surface area (Å²) in [5, 5.41) is 12.5. The predicted molar refractivity (Wildman–Crippen MR) is 76.3 cm³/mol. The quantitative estimate of drug-likeness (QED) is 0.755. The second kappa shape index (κ2) is 7.33. The van der Waals surface area contributed by atoms with E-state index in [0.717, 1.165) is 18.5 Å². The van der Waals surface area contributed by atoms with E-state index in [9.17, 15) is 9.90 Å². The van der Waals surface area contributed by atoms with Crippen LogP contribution in [0.15, 0.2) is 43.0 Å². The molecule has 0 fully saturated rings. The molecule has 0 saturated carbocycles. The Bertz CT molecular complexity index is 538. The standard InChI is InChI=1S/C15H19N3O2/c19-14-5-2-1-4-13(14)6-7-15(20)17-8-3-10-18-11-9-16-12-18/h1-2,4-5,9,11-12,19H,3,6-8,10H2,(H,17,20). The number of hydrogen-bond acceptors (Lipinski definition) is 3. The molecule has 0 unspecified atom stereocenters. The number of nitrogens with one attached hydrogen (secondary N) is 1. The van der Waals surface area contributed by atoms with Crippen LogP contribution < -0.4 is 5.32 Å². The largest absolute Gasteiger partial charge is 0.508 e. The average molecular weight is 273 g/mol. The molecule has 1 aromatic carbocycles. The van der Waals surface area contributed by atoms with Crippen LogP contribution in [0.5, 0.6) is 5.75 Å². The van der Waals surface area contributed by atoms with Crippen LogP contribution in [0.2, 0.25) is 0 Å². The zero-order valence-corrected chi connectivity index (χ0v) is 11.3. The van der Waals surface area contributed by atoms with Crippen molar-refractivity contribution in [3.8, 4) is 5.75 Å². The minimum atomic E-state index is 0.0129. The third-order valence-electron chi connectivity index (χ3n) is 3.09. The van der Waals surface area contributed by atoms with Crippen molar-refractivity contribution in [2.75, 3.05) is 6.54 Å². The second-order valence-corrected chi connectivity index (χ2v) is 4.63. The lowest BCUT2D eigenvalue weighted by Crippen LogP contribution is -2.25. The molecule has 5 nitrogen and oxygen atoms in total. The lowest BCUT2D eigenvalue weighted by Gasteiger charge is -2.06. The molecule has 0 aliphatic heterocycles. The Hall–Kier alpha value is -2.30. The van der Waals surface area contributed by atoms with Crippen molar-refractivity contribution in [1.29, 1.82) is 0 Å². The normalized spacial score (nSPS) is 10.4. The van der Waals surface area contributed by atoms with Crippen molar-refractivity contribution in [2.24, 2.45) is 0 Å². The minimum absolute atomic E-state index is 0.0129. The summed E-state index contributed by atoms with van der Waals surface area (Å²) in [6.07, 6.45) is 7.23. The summed E-state index contributed by atoms with van der Waals surface area (Å²) < 4.78 is 1.98. The number of benzene rings is 1. The maximum Gasteiger partial charge on any atom is 0.220 e. The first-order valence-corrected chi connectivity index (χ1v) is 6.75. The fourth-order valence-electron chi connectivity index (χ4n) is 1.97. The Morgan fingerprint density at radius 3 is 2.95 bits per heavy atom. The summed E-state index contributed by atoms with van der Waals surface area (Å²) in [7, 11) is 0. The van der Waals surface area contributed by atoms with Crippen molar-refractivity contribution in [1.82, 2.24) is 14.9 Å². The molecule has 20 heavy (non-hydrogen) atoms. The van der Waals surface area contributed by atoms with Crippen molar-refractivity contribution >= 4 is 5.91 Å². The number of aromatic hydroxyl groups is 1. The fourth-order valence-corrected chi connectivity index (χ4v) is 1.97. The number of aromatic nitrogens is 2. The van der Waals surface area contributed by atoms with Crippen molar-refractivity contribution in [3.63, 3.8) is 0 Å². The van der Waals surface area contributed by atoms with Gasteiger partial charge in [0.1, 0.15) is 5.75 Å². The van der Waals surface area contributed by atoms with Gasteiger partial charge in [0.25, 0.3) is 0 Å². The Morgan fingerprint density at radius 2 is 2.20 bits per heavy atom. The van der Waals surface area contributed by atoms with Gasteiger partial charge in [0, 0.05) is 31.9 Å². The Balaban J connectivity index is 1.62. The summed E-state index contributed by atoms with van der Waals surface area (Å²) >= 11 is 0. The van der Waals surface area contributed by atoms with Gasteiger partial charge in [0.2, 0.25) is 5.91 Å². The third-order valence-corrected chi connectivity index (χ3v) is 3.09. The maximum absolute atomic E-state index is 11.7. The van der Waals surface area contributed by atoms with Crippen molar-refractivity contribution < 1.29 is 9.90 Å². The lowest BCUT2D eigenvalue weighted by molar-refractivity contribution is -0.121. The minimum Gasteiger partial charge on any atom is -0.508 e. The molecule has 1 aromatic heterocycles. The highest BCUT2D eigenvalue weighted by molar-refractivity contribution is 5.76. The van der Waals surface area contributed by atoms with Gasteiger partial charge in [-0.15, -0.1) is 0 Å². The average Bonchev–Trinajstić information content (AvgIpc) is 2.96. The van der Waals surface area contributed by atoms with Gasteiger partial charge >= 0.3 is 0 Å². The molecule has 5 heteroatoms. The molecular formula is C15H19N3O2. The first kappa shape index (κ1) is 14.1. The molecule has 0 atom stereocenters.